The van der Waals surface area contributed by atoms with Crippen molar-refractivity contribution < 1.29 is 14.2 Å². The normalized spacial score (nSPS) is 10.5. The molecule has 0 amide bonds. The highest BCUT2D eigenvalue weighted by atomic mass is 16.5. The average Bonchev–Trinajstić information content (AvgIpc) is 2.65. The average molecular weight is 341 g/mol. The summed E-state index contributed by atoms with van der Waals surface area (Å²) in [7, 11) is 4.69. The molecule has 0 saturated carbocycles. The first-order valence-corrected chi connectivity index (χ1v) is 7.67. The van der Waals surface area contributed by atoms with Crippen molar-refractivity contribution in [3.8, 4) is 17.2 Å². The summed E-state index contributed by atoms with van der Waals surface area (Å²) in [5.74, 6) is 2.33. The van der Waals surface area contributed by atoms with E-state index in [1.807, 2.05) is 24.3 Å². The second-order valence-electron chi connectivity index (χ2n) is 5.32. The minimum absolute atomic E-state index is 0.225. The molecule has 3 rings (SSSR count). The molecule has 130 valence electrons. The molecule has 25 heavy (non-hydrogen) atoms. The number of nitrogens with one attached hydrogen (secondary N) is 2. The lowest BCUT2D eigenvalue weighted by Gasteiger charge is -2.10. The summed E-state index contributed by atoms with van der Waals surface area (Å²) in [5, 5.41) is 3.66. The maximum absolute atomic E-state index is 12.3. The van der Waals surface area contributed by atoms with Crippen LogP contribution in [0, 0.1) is 0 Å². The Bertz CT molecular complexity index is 935. The number of benzene rings is 2. The van der Waals surface area contributed by atoms with E-state index >= 15 is 0 Å². The van der Waals surface area contributed by atoms with Crippen LogP contribution in [-0.2, 0) is 6.54 Å². The van der Waals surface area contributed by atoms with Gasteiger partial charge in [0.2, 0.25) is 0 Å². The number of methoxy groups -OCH3 is 3. The zero-order chi connectivity index (χ0) is 17.8. The first-order valence-electron chi connectivity index (χ1n) is 7.67. The van der Waals surface area contributed by atoms with Crippen LogP contribution in [-0.4, -0.2) is 31.3 Å². The topological polar surface area (TPSA) is 85.5 Å². The number of aromatic nitrogens is 2. The van der Waals surface area contributed by atoms with Gasteiger partial charge < -0.3 is 24.5 Å². The van der Waals surface area contributed by atoms with Gasteiger partial charge in [-0.3, -0.25) is 4.79 Å². The summed E-state index contributed by atoms with van der Waals surface area (Å²) in [6, 6.07) is 10.8. The SMILES string of the molecule is COc1ccc(NCc2nc3cc(OC)c(OC)cc3c(=O)[nH]2)cc1. The lowest BCUT2D eigenvalue weighted by atomic mass is 10.2. The summed E-state index contributed by atoms with van der Waals surface area (Å²) in [4.78, 5) is 19.6. The number of H-pyrrole nitrogens is 1. The van der Waals surface area contributed by atoms with Crippen molar-refractivity contribution in [2.75, 3.05) is 26.6 Å². The predicted molar refractivity (Wildman–Crippen MR) is 95.8 cm³/mol. The third-order valence-corrected chi connectivity index (χ3v) is 3.81. The Kier molecular flexibility index (Phi) is 4.74. The molecular weight excluding hydrogens is 322 g/mol. The maximum Gasteiger partial charge on any atom is 0.258 e. The molecule has 1 heterocycles. The first-order chi connectivity index (χ1) is 12.1. The molecule has 0 aliphatic rings. The molecule has 2 aromatic carbocycles. The molecule has 0 bridgehead atoms. The standard InChI is InChI=1S/C18H19N3O4/c1-23-12-6-4-11(5-7-12)19-10-17-20-14-9-16(25-3)15(24-2)8-13(14)18(22)21-17/h4-9,19H,10H2,1-3H3,(H,20,21,22). The molecule has 0 spiro atoms. The Morgan fingerprint density at radius 1 is 1.00 bits per heavy atom. The molecule has 0 fully saturated rings. The monoisotopic (exact) mass is 341 g/mol. The van der Waals surface area contributed by atoms with Crippen molar-refractivity contribution in [1.29, 1.82) is 0 Å². The third kappa shape index (κ3) is 3.50. The second kappa shape index (κ2) is 7.12. The van der Waals surface area contributed by atoms with Crippen LogP contribution in [0.5, 0.6) is 17.2 Å². The Labute approximate surface area is 144 Å². The highest BCUT2D eigenvalue weighted by Crippen LogP contribution is 2.29. The Morgan fingerprint density at radius 3 is 2.32 bits per heavy atom. The highest BCUT2D eigenvalue weighted by molar-refractivity contribution is 5.81. The van der Waals surface area contributed by atoms with E-state index in [1.165, 1.54) is 7.11 Å². The van der Waals surface area contributed by atoms with Crippen molar-refractivity contribution in [3.63, 3.8) is 0 Å². The van der Waals surface area contributed by atoms with Crippen molar-refractivity contribution >= 4 is 16.6 Å². The lowest BCUT2D eigenvalue weighted by molar-refractivity contribution is 0.355. The Balaban J connectivity index is 1.87. The molecule has 0 unspecified atom stereocenters. The number of hydrogen-bond donors (Lipinski definition) is 2. The van der Waals surface area contributed by atoms with Gasteiger partial charge in [-0.05, 0) is 30.3 Å². The van der Waals surface area contributed by atoms with Crippen LogP contribution >= 0.6 is 0 Å². The minimum Gasteiger partial charge on any atom is -0.497 e. The molecule has 0 saturated heterocycles. The number of anilines is 1. The largest absolute Gasteiger partial charge is 0.497 e. The van der Waals surface area contributed by atoms with Crippen LogP contribution < -0.4 is 25.1 Å². The zero-order valence-electron chi connectivity index (χ0n) is 14.3. The quantitative estimate of drug-likeness (QED) is 0.717. The van der Waals surface area contributed by atoms with Gasteiger partial charge in [0.1, 0.15) is 11.6 Å². The van der Waals surface area contributed by atoms with E-state index in [-0.39, 0.29) is 5.56 Å². The molecule has 0 aliphatic heterocycles. The van der Waals surface area contributed by atoms with E-state index in [0.29, 0.717) is 34.8 Å². The summed E-state index contributed by atoms with van der Waals surface area (Å²) >= 11 is 0. The van der Waals surface area contributed by atoms with Gasteiger partial charge in [-0.25, -0.2) is 4.98 Å². The van der Waals surface area contributed by atoms with Crippen molar-refractivity contribution in [3.05, 3.63) is 52.6 Å². The molecule has 7 nitrogen and oxygen atoms in total. The van der Waals surface area contributed by atoms with E-state index in [0.717, 1.165) is 11.4 Å². The van der Waals surface area contributed by atoms with E-state index in [2.05, 4.69) is 15.3 Å². The third-order valence-electron chi connectivity index (χ3n) is 3.81. The molecule has 2 N–H and O–H groups in total. The Hall–Kier alpha value is -3.22. The van der Waals surface area contributed by atoms with Gasteiger partial charge in [0.15, 0.2) is 11.5 Å². The minimum atomic E-state index is -0.225. The van der Waals surface area contributed by atoms with Crippen LogP contribution in [0.2, 0.25) is 0 Å². The fraction of sp³-hybridized carbons (Fsp3) is 0.222. The van der Waals surface area contributed by atoms with Crippen molar-refractivity contribution in [2.24, 2.45) is 0 Å². The smallest absolute Gasteiger partial charge is 0.258 e. The number of rotatable bonds is 6. The molecular formula is C18H19N3O4. The maximum atomic E-state index is 12.3. The Morgan fingerprint density at radius 2 is 1.68 bits per heavy atom. The highest BCUT2D eigenvalue weighted by Gasteiger charge is 2.11. The van der Waals surface area contributed by atoms with Gasteiger partial charge in [0.05, 0.1) is 38.8 Å². The molecule has 7 heteroatoms. The second-order valence-corrected chi connectivity index (χ2v) is 5.32. The van der Waals surface area contributed by atoms with Gasteiger partial charge in [0, 0.05) is 11.8 Å². The van der Waals surface area contributed by atoms with Gasteiger partial charge >= 0.3 is 0 Å². The lowest BCUT2D eigenvalue weighted by Crippen LogP contribution is -2.14. The van der Waals surface area contributed by atoms with Crippen molar-refractivity contribution in [1.82, 2.24) is 9.97 Å². The summed E-state index contributed by atoms with van der Waals surface area (Å²) in [6.07, 6.45) is 0. The fourth-order valence-electron chi connectivity index (χ4n) is 2.49. The summed E-state index contributed by atoms with van der Waals surface area (Å²) < 4.78 is 15.6. The van der Waals surface area contributed by atoms with Gasteiger partial charge in [-0.2, -0.15) is 0 Å². The fourth-order valence-corrected chi connectivity index (χ4v) is 2.49. The van der Waals surface area contributed by atoms with Crippen LogP contribution in [0.25, 0.3) is 10.9 Å². The van der Waals surface area contributed by atoms with Crippen LogP contribution in [0.4, 0.5) is 5.69 Å². The first kappa shape index (κ1) is 16.6. The predicted octanol–water partition coefficient (Wildman–Crippen LogP) is 2.56. The van der Waals surface area contributed by atoms with E-state index < -0.39 is 0 Å². The number of ether oxygens (including phenoxy) is 3. The number of aromatic amines is 1. The molecule has 0 radical (unpaired) electrons. The van der Waals surface area contributed by atoms with Crippen LogP contribution in [0.1, 0.15) is 5.82 Å². The zero-order valence-corrected chi connectivity index (χ0v) is 14.3. The van der Waals surface area contributed by atoms with Crippen molar-refractivity contribution in [2.45, 2.75) is 6.54 Å². The number of hydrogen-bond acceptors (Lipinski definition) is 6. The molecule has 0 atom stereocenters. The van der Waals surface area contributed by atoms with Gasteiger partial charge in [0.25, 0.3) is 5.56 Å². The molecule has 1 aromatic heterocycles. The van der Waals surface area contributed by atoms with Gasteiger partial charge in [-0.1, -0.05) is 0 Å². The van der Waals surface area contributed by atoms with E-state index in [1.54, 1.807) is 26.4 Å². The van der Waals surface area contributed by atoms with Crippen LogP contribution in [0.15, 0.2) is 41.2 Å². The summed E-state index contributed by atoms with van der Waals surface area (Å²) in [6.45, 7) is 0.381. The van der Waals surface area contributed by atoms with Crippen LogP contribution in [0.3, 0.4) is 0 Å². The molecule has 3 aromatic rings. The van der Waals surface area contributed by atoms with E-state index in [4.69, 9.17) is 14.2 Å². The number of nitrogens with zero attached hydrogens (tertiary/aromatic N) is 1. The summed E-state index contributed by atoms with van der Waals surface area (Å²) in [5.41, 5.74) is 1.22. The van der Waals surface area contributed by atoms with Gasteiger partial charge in [-0.15, -0.1) is 0 Å². The number of fused-ring (bicyclic) bond motifs is 1. The van der Waals surface area contributed by atoms with E-state index in [9.17, 15) is 4.79 Å². The molecule has 0 aliphatic carbocycles.